The number of halogens is 1. The van der Waals surface area contributed by atoms with Crippen molar-refractivity contribution >= 4 is 64.5 Å². The van der Waals surface area contributed by atoms with Gasteiger partial charge in [0.15, 0.2) is 11.5 Å². The number of benzene rings is 2. The van der Waals surface area contributed by atoms with Crippen molar-refractivity contribution in [3.8, 4) is 11.5 Å². The molecule has 6 rings (SSSR count). The maximum Gasteiger partial charge on any atom is 0.455 e. The van der Waals surface area contributed by atoms with Crippen molar-refractivity contribution in [2.75, 3.05) is 12.0 Å². The van der Waals surface area contributed by atoms with Crippen LogP contribution in [0.2, 0.25) is 6.32 Å². The number of pyridine rings is 1. The third-order valence-corrected chi connectivity index (χ3v) is 10.3. The lowest BCUT2D eigenvalue weighted by Gasteiger charge is -2.44. The molecule has 0 spiro atoms. The van der Waals surface area contributed by atoms with Crippen LogP contribution in [0.4, 0.5) is 11.4 Å². The molecule has 3 heterocycles. The summed E-state index contributed by atoms with van der Waals surface area (Å²) in [5.41, 5.74) is 4.46. The van der Waals surface area contributed by atoms with Gasteiger partial charge in [0.05, 0.1) is 44.9 Å². The van der Waals surface area contributed by atoms with Crippen LogP contribution in [0.3, 0.4) is 0 Å². The molecule has 2 fully saturated rings. The number of aromatic nitrogens is 1. The van der Waals surface area contributed by atoms with E-state index in [1.54, 1.807) is 12.3 Å². The minimum atomic E-state index is -1.14. The molecule has 1 aliphatic carbocycles. The summed E-state index contributed by atoms with van der Waals surface area (Å²) in [5, 5.41) is 32.9. The summed E-state index contributed by atoms with van der Waals surface area (Å²) in [6, 6.07) is 14.9. The third-order valence-electron chi connectivity index (χ3n) is 9.52. The molecule has 0 saturated carbocycles. The number of rotatable bonds is 9. The summed E-state index contributed by atoms with van der Waals surface area (Å²) in [4.78, 5) is 44.5. The average Bonchev–Trinajstić information content (AvgIpc) is 3.33. The summed E-state index contributed by atoms with van der Waals surface area (Å²) in [6.45, 7) is 4.11. The number of imide groups is 1. The smallest absolute Gasteiger partial charge is 0.455 e. The van der Waals surface area contributed by atoms with Gasteiger partial charge in [-0.15, -0.1) is 0 Å². The van der Waals surface area contributed by atoms with Crippen LogP contribution in [0.15, 0.2) is 71.9 Å². The molecule has 3 aliphatic rings. The molecule has 2 aromatic carbocycles. The molecule has 4 atom stereocenters. The second-order valence-electron chi connectivity index (χ2n) is 12.7. The standard InChI is InChI=1S/C35H35BIN3O8/c1-19(2)24-17-25-32(35(43)39(34(25)42)22-7-6-8-23(16-22)40(45)46)26-18-36(44)48-29(31(24)26)11-10-21(28-9-4-5-12-38-28)13-20-14-27(37)33(41)30(15-20)47-3/h4-9,12-16,19,25-26,29,32,41,44H,10-11,17-18H2,1-3H3/b21-13-/t25-,26+,29-,32-/m1/s1. The van der Waals surface area contributed by atoms with Crippen molar-refractivity contribution in [2.24, 2.45) is 23.7 Å². The van der Waals surface area contributed by atoms with E-state index in [0.29, 0.717) is 28.6 Å². The molecule has 11 nitrogen and oxygen atoms in total. The van der Waals surface area contributed by atoms with Crippen molar-refractivity contribution in [1.29, 1.82) is 0 Å². The first kappa shape index (κ1) is 33.8. The predicted molar refractivity (Wildman–Crippen MR) is 189 cm³/mol. The Balaban J connectivity index is 1.35. The molecule has 0 unspecified atom stereocenters. The Hall–Kier alpha value is -4.08. The number of aromatic hydroxyl groups is 1. The van der Waals surface area contributed by atoms with Crippen molar-refractivity contribution < 1.29 is 34.0 Å². The number of carbonyl (C=O) groups excluding carboxylic acids is 2. The molecule has 248 valence electrons. The molecule has 2 amide bonds. The SMILES string of the molecule is COc1cc(/C=C(/CC[C@H]2OB(O)C[C@H]3C2=C(C(C)C)C[C@H]2C(=O)N(c4cccc([N+](=O)[O-])c4)C(=O)[C@H]23)c2ccccn2)cc(I)c1O. The van der Waals surface area contributed by atoms with E-state index >= 15 is 0 Å². The van der Waals surface area contributed by atoms with Crippen LogP contribution in [-0.4, -0.2) is 52.2 Å². The van der Waals surface area contributed by atoms with Crippen LogP contribution in [-0.2, 0) is 14.2 Å². The van der Waals surface area contributed by atoms with Gasteiger partial charge in [0.2, 0.25) is 11.8 Å². The number of nitro groups is 1. The second kappa shape index (κ2) is 13.8. The number of anilines is 1. The number of hydrogen-bond donors (Lipinski definition) is 2. The normalized spacial score (nSPS) is 22.7. The fourth-order valence-electron chi connectivity index (χ4n) is 7.40. The van der Waals surface area contributed by atoms with Gasteiger partial charge in [-0.1, -0.05) is 31.6 Å². The summed E-state index contributed by atoms with van der Waals surface area (Å²) >= 11 is 2.06. The van der Waals surface area contributed by atoms with E-state index in [4.69, 9.17) is 9.39 Å². The minimum Gasteiger partial charge on any atom is -0.504 e. The van der Waals surface area contributed by atoms with E-state index in [1.165, 1.54) is 31.4 Å². The Kier molecular flexibility index (Phi) is 9.73. The van der Waals surface area contributed by atoms with Crippen LogP contribution in [0.1, 0.15) is 44.4 Å². The molecule has 0 radical (unpaired) electrons. The van der Waals surface area contributed by atoms with Gasteiger partial charge in [0, 0.05) is 18.3 Å². The van der Waals surface area contributed by atoms with Gasteiger partial charge in [-0.3, -0.25) is 24.7 Å². The van der Waals surface area contributed by atoms with Gasteiger partial charge in [0.25, 0.3) is 5.69 Å². The van der Waals surface area contributed by atoms with Gasteiger partial charge in [-0.2, -0.15) is 0 Å². The Morgan fingerprint density at radius 1 is 1.19 bits per heavy atom. The lowest BCUT2D eigenvalue weighted by atomic mass is 9.57. The second-order valence-corrected chi connectivity index (χ2v) is 13.8. The highest BCUT2D eigenvalue weighted by Gasteiger charge is 2.58. The number of amides is 2. The van der Waals surface area contributed by atoms with Crippen molar-refractivity contribution in [2.45, 2.75) is 45.5 Å². The number of fused-ring (bicyclic) bond motifs is 3. The first-order valence-electron chi connectivity index (χ1n) is 15.9. The highest BCUT2D eigenvalue weighted by molar-refractivity contribution is 14.1. The molecule has 2 aliphatic heterocycles. The number of methoxy groups -OCH3 is 1. The van der Waals surface area contributed by atoms with Crippen LogP contribution >= 0.6 is 22.6 Å². The van der Waals surface area contributed by atoms with E-state index in [2.05, 4.69) is 41.4 Å². The fraction of sp³-hybridized carbons (Fsp3) is 0.343. The van der Waals surface area contributed by atoms with Gasteiger partial charge < -0.3 is 19.5 Å². The summed E-state index contributed by atoms with van der Waals surface area (Å²) in [5.74, 6) is -2.09. The molecule has 48 heavy (non-hydrogen) atoms. The van der Waals surface area contributed by atoms with E-state index in [9.17, 15) is 29.8 Å². The van der Waals surface area contributed by atoms with Gasteiger partial charge in [-0.25, -0.2) is 4.90 Å². The Morgan fingerprint density at radius 2 is 1.98 bits per heavy atom. The number of phenolic OH excluding ortho intramolecular Hbond substituents is 1. The quantitative estimate of drug-likeness (QED) is 0.0640. The van der Waals surface area contributed by atoms with Crippen molar-refractivity contribution in [3.05, 3.63) is 96.9 Å². The molecular formula is C35H35BIN3O8. The summed E-state index contributed by atoms with van der Waals surface area (Å²) in [7, 11) is 0.358. The lowest BCUT2D eigenvalue weighted by molar-refractivity contribution is -0.384. The zero-order valence-electron chi connectivity index (χ0n) is 26.7. The number of ether oxygens (including phenoxy) is 1. The van der Waals surface area contributed by atoms with Gasteiger partial charge in [-0.05, 0) is 113 Å². The van der Waals surface area contributed by atoms with Gasteiger partial charge >= 0.3 is 7.12 Å². The molecule has 1 aromatic heterocycles. The number of nitro benzene ring substituents is 1. The Labute approximate surface area is 292 Å². The summed E-state index contributed by atoms with van der Waals surface area (Å²) in [6.07, 6.45) is 4.71. The molecule has 13 heteroatoms. The van der Waals surface area contributed by atoms with Crippen molar-refractivity contribution in [3.63, 3.8) is 0 Å². The van der Waals surface area contributed by atoms with Gasteiger partial charge in [0.1, 0.15) is 0 Å². The first-order valence-corrected chi connectivity index (χ1v) is 16.9. The number of phenols is 1. The number of non-ortho nitro benzene ring substituents is 1. The van der Waals surface area contributed by atoms with Crippen LogP contribution in [0.25, 0.3) is 11.6 Å². The highest BCUT2D eigenvalue weighted by Crippen LogP contribution is 2.53. The molecule has 2 saturated heterocycles. The zero-order valence-corrected chi connectivity index (χ0v) is 28.9. The molecule has 3 aromatic rings. The fourth-order valence-corrected chi connectivity index (χ4v) is 8.02. The maximum atomic E-state index is 14.1. The number of nitrogens with zero attached hydrogens (tertiary/aromatic N) is 3. The monoisotopic (exact) mass is 763 g/mol. The highest BCUT2D eigenvalue weighted by atomic mass is 127. The topological polar surface area (TPSA) is 152 Å². The third kappa shape index (κ3) is 6.38. The van der Waals surface area contributed by atoms with E-state index < -0.39 is 41.8 Å². The first-order chi connectivity index (χ1) is 23.0. The number of hydrogen-bond acceptors (Lipinski definition) is 9. The number of allylic oxidation sites excluding steroid dienone is 2. The minimum absolute atomic E-state index is 0.0527. The zero-order chi connectivity index (χ0) is 34.3. The maximum absolute atomic E-state index is 14.1. The molecular weight excluding hydrogens is 728 g/mol. The molecule has 0 bridgehead atoms. The van der Waals surface area contributed by atoms with Crippen LogP contribution in [0, 0.1) is 37.4 Å². The Morgan fingerprint density at radius 3 is 2.67 bits per heavy atom. The van der Waals surface area contributed by atoms with E-state index in [0.717, 1.165) is 32.9 Å². The molecule has 2 N–H and O–H groups in total. The van der Waals surface area contributed by atoms with Crippen LogP contribution < -0.4 is 9.64 Å². The summed E-state index contributed by atoms with van der Waals surface area (Å²) < 4.78 is 12.2. The Bertz CT molecular complexity index is 1830. The van der Waals surface area contributed by atoms with Crippen molar-refractivity contribution in [1.82, 2.24) is 4.98 Å². The van der Waals surface area contributed by atoms with E-state index in [-0.39, 0.29) is 35.3 Å². The van der Waals surface area contributed by atoms with E-state index in [1.807, 2.05) is 30.3 Å². The largest absolute Gasteiger partial charge is 0.504 e. The number of carbonyl (C=O) groups is 2. The van der Waals surface area contributed by atoms with Crippen LogP contribution in [0.5, 0.6) is 11.5 Å². The predicted octanol–water partition coefficient (Wildman–Crippen LogP) is 6.29. The average molecular weight is 763 g/mol. The lowest BCUT2D eigenvalue weighted by Crippen LogP contribution is -2.46.